The Labute approximate surface area is 115 Å². The summed E-state index contributed by atoms with van der Waals surface area (Å²) in [6, 6.07) is 7.28. The van der Waals surface area contributed by atoms with Crippen LogP contribution in [-0.2, 0) is 0 Å². The second-order valence-corrected chi connectivity index (χ2v) is 27.5. The minimum absolute atomic E-state index is 0.297. The van der Waals surface area contributed by atoms with Gasteiger partial charge in [-0.05, 0) is 0 Å². The zero-order valence-corrected chi connectivity index (χ0v) is 16.3. The van der Waals surface area contributed by atoms with Crippen LogP contribution in [0.2, 0.25) is 34.5 Å². The van der Waals surface area contributed by atoms with Gasteiger partial charge in [0.25, 0.3) is 0 Å². The Hall–Kier alpha value is -0.354. The molecule has 0 aliphatic rings. The van der Waals surface area contributed by atoms with Crippen LogP contribution in [-0.4, -0.2) is 35.8 Å². The van der Waals surface area contributed by atoms with Crippen LogP contribution < -0.4 is 0 Å². The van der Waals surface area contributed by atoms with E-state index in [2.05, 4.69) is 34.5 Å². The van der Waals surface area contributed by atoms with Gasteiger partial charge in [-0.2, -0.15) is 0 Å². The Kier molecular flexibility index (Phi) is 4.65. The Morgan fingerprint density at radius 1 is 0.667 bits per heavy atom. The molecule has 0 N–H and O–H groups in total. The summed E-state index contributed by atoms with van der Waals surface area (Å²) in [5, 5.41) is 0. The molecule has 0 amide bonds. The zero-order chi connectivity index (χ0) is 14.1. The molecule has 0 saturated carbocycles. The maximum atomic E-state index is 12.2. The van der Waals surface area contributed by atoms with Crippen LogP contribution in [0.1, 0.15) is 20.7 Å². The number of benzene rings is 1. The van der Waals surface area contributed by atoms with E-state index < -0.39 is 26.5 Å². The summed E-state index contributed by atoms with van der Waals surface area (Å²) < 4.78 is 0.595. The molecule has 0 saturated heterocycles. The van der Waals surface area contributed by atoms with E-state index in [1.807, 2.05) is 24.3 Å². The normalized spacial score (nSPS) is 12.3. The van der Waals surface area contributed by atoms with Crippen molar-refractivity contribution in [1.82, 2.24) is 0 Å². The fraction of sp³-hybridized carbons (Fsp3) is 0.429. The first kappa shape index (κ1) is 15.7. The minimum atomic E-state index is -2.29. The Morgan fingerprint density at radius 2 is 0.889 bits per heavy atom. The van der Waals surface area contributed by atoms with Crippen molar-refractivity contribution in [3.05, 3.63) is 35.4 Å². The molecule has 1 aromatic rings. The number of carbonyl (C=O) groups excluding carboxylic acids is 2. The van der Waals surface area contributed by atoms with E-state index in [4.69, 9.17) is 0 Å². The molecule has 0 atom stereocenters. The molecule has 1 aromatic carbocycles. The molecule has 0 aromatic heterocycles. The standard InChI is InChI=1S/C14H22Ge2O2/c1-15(2,3)13(17)11-7-9-12(10-8-11)14(18)16(4,5)6/h7-10H,1-6H3. The molecule has 0 radical (unpaired) electrons. The maximum absolute atomic E-state index is 12.2. The van der Waals surface area contributed by atoms with E-state index in [1.54, 1.807) is 0 Å². The van der Waals surface area contributed by atoms with Crippen LogP contribution in [0.25, 0.3) is 0 Å². The molecule has 0 aliphatic carbocycles. The molecule has 2 nitrogen and oxygen atoms in total. The van der Waals surface area contributed by atoms with Crippen molar-refractivity contribution < 1.29 is 9.59 Å². The third kappa shape index (κ3) is 3.82. The van der Waals surface area contributed by atoms with Gasteiger partial charge in [0.05, 0.1) is 0 Å². The Balaban J connectivity index is 3.01. The molecule has 0 aliphatic heterocycles. The van der Waals surface area contributed by atoms with Crippen molar-refractivity contribution in [3.63, 3.8) is 0 Å². The van der Waals surface area contributed by atoms with Gasteiger partial charge in [-0.25, -0.2) is 0 Å². The average Bonchev–Trinajstić information content (AvgIpc) is 2.25. The second kappa shape index (κ2) is 5.33. The van der Waals surface area contributed by atoms with Crippen molar-refractivity contribution in [3.8, 4) is 0 Å². The van der Waals surface area contributed by atoms with Gasteiger partial charge in [0.2, 0.25) is 0 Å². The zero-order valence-electron chi connectivity index (χ0n) is 12.1. The van der Waals surface area contributed by atoms with Gasteiger partial charge in [-0.3, -0.25) is 0 Å². The van der Waals surface area contributed by atoms with Crippen LogP contribution >= 0.6 is 0 Å². The van der Waals surface area contributed by atoms with Gasteiger partial charge in [-0.15, -0.1) is 0 Å². The summed E-state index contributed by atoms with van der Waals surface area (Å²) in [6.45, 7) is 0. The number of hydrogen-bond donors (Lipinski definition) is 0. The van der Waals surface area contributed by atoms with Crippen LogP contribution in [0, 0.1) is 0 Å². The summed E-state index contributed by atoms with van der Waals surface area (Å²) in [5.74, 6) is 12.5. The first-order valence-electron chi connectivity index (χ1n) is 6.23. The first-order chi connectivity index (χ1) is 8.03. The Bertz CT molecular complexity index is 417. The summed E-state index contributed by atoms with van der Waals surface area (Å²) in [7, 11) is 0. The second-order valence-electron chi connectivity index (χ2n) is 6.74. The molecule has 0 spiro atoms. The van der Waals surface area contributed by atoms with E-state index >= 15 is 0 Å². The predicted octanol–water partition coefficient (Wildman–Crippen LogP) is 3.81. The topological polar surface area (TPSA) is 34.1 Å². The fourth-order valence-electron chi connectivity index (χ4n) is 1.64. The SMILES string of the molecule is [CH3][Ge]([CH3])([CH3])[C](=O)c1ccc([C](=O)[Ge]([CH3])([CH3])[CH3])cc1. The summed E-state index contributed by atoms with van der Waals surface area (Å²) in [4.78, 5) is 24.3. The quantitative estimate of drug-likeness (QED) is 0.759. The van der Waals surface area contributed by atoms with Crippen molar-refractivity contribution in [2.24, 2.45) is 0 Å². The monoisotopic (exact) mass is 370 g/mol. The number of carbonyl (C=O) groups is 2. The molecule has 18 heavy (non-hydrogen) atoms. The number of rotatable bonds is 4. The van der Waals surface area contributed by atoms with Gasteiger partial charge >= 0.3 is 115 Å². The van der Waals surface area contributed by atoms with Crippen molar-refractivity contribution in [1.29, 1.82) is 0 Å². The molecule has 4 heteroatoms. The molecular weight excluding hydrogens is 345 g/mol. The molecule has 98 valence electrons. The van der Waals surface area contributed by atoms with Gasteiger partial charge in [0, 0.05) is 0 Å². The van der Waals surface area contributed by atoms with E-state index in [0.29, 0.717) is 9.23 Å². The number of hydrogen-bond acceptors (Lipinski definition) is 2. The van der Waals surface area contributed by atoms with Crippen molar-refractivity contribution in [2.45, 2.75) is 34.5 Å². The van der Waals surface area contributed by atoms with Gasteiger partial charge in [0.1, 0.15) is 0 Å². The van der Waals surface area contributed by atoms with E-state index in [0.717, 1.165) is 11.1 Å². The van der Waals surface area contributed by atoms with Gasteiger partial charge < -0.3 is 0 Å². The third-order valence-electron chi connectivity index (χ3n) is 2.77. The summed E-state index contributed by atoms with van der Waals surface area (Å²) >= 11 is -4.58. The first-order valence-corrected chi connectivity index (χ1v) is 20.9. The molecule has 0 unspecified atom stereocenters. The van der Waals surface area contributed by atoms with Crippen LogP contribution in [0.3, 0.4) is 0 Å². The average molecular weight is 368 g/mol. The van der Waals surface area contributed by atoms with Gasteiger partial charge in [-0.1, -0.05) is 0 Å². The third-order valence-corrected chi connectivity index (χ3v) is 9.70. The fourth-order valence-corrected chi connectivity index (χ4v) is 5.97. The van der Waals surface area contributed by atoms with Crippen LogP contribution in [0.4, 0.5) is 0 Å². The predicted molar refractivity (Wildman–Crippen MR) is 81.8 cm³/mol. The summed E-state index contributed by atoms with van der Waals surface area (Å²) in [5.41, 5.74) is 1.53. The Morgan fingerprint density at radius 3 is 1.06 bits per heavy atom. The molecule has 0 fully saturated rings. The summed E-state index contributed by atoms with van der Waals surface area (Å²) in [6.07, 6.45) is 0. The van der Waals surface area contributed by atoms with E-state index in [-0.39, 0.29) is 0 Å². The molecule has 1 rings (SSSR count). The van der Waals surface area contributed by atoms with Crippen LogP contribution in [0.15, 0.2) is 24.3 Å². The van der Waals surface area contributed by atoms with Crippen molar-refractivity contribution in [2.75, 3.05) is 0 Å². The van der Waals surface area contributed by atoms with E-state index in [1.165, 1.54) is 0 Å². The molecular formula is C14H22Ge2O2. The van der Waals surface area contributed by atoms with E-state index in [9.17, 15) is 9.59 Å². The van der Waals surface area contributed by atoms with Crippen molar-refractivity contribution >= 4 is 35.8 Å². The molecule has 0 heterocycles. The molecule has 0 bridgehead atoms. The van der Waals surface area contributed by atoms with Crippen LogP contribution in [0.5, 0.6) is 0 Å². The van der Waals surface area contributed by atoms with Gasteiger partial charge in [0.15, 0.2) is 0 Å².